The number of rotatable bonds is 7. The van der Waals surface area contributed by atoms with E-state index in [0.29, 0.717) is 36.1 Å². The number of ether oxygens (including phenoxy) is 2. The van der Waals surface area contributed by atoms with Crippen molar-refractivity contribution < 1.29 is 9.47 Å². The van der Waals surface area contributed by atoms with E-state index in [0.717, 1.165) is 0 Å². The van der Waals surface area contributed by atoms with E-state index in [2.05, 4.69) is 51.3 Å². The Hall–Kier alpha value is -0.160. The SMILES string of the molecule is CC(C)C1CC2(CCN(C(C)CCC(C)N3CCC4(CC3)CC(C(C)C)O4)CC2)O1. The summed E-state index contributed by atoms with van der Waals surface area (Å²) >= 11 is 0. The van der Waals surface area contributed by atoms with E-state index >= 15 is 0 Å². The molecule has 4 fully saturated rings. The number of hydrogen-bond donors (Lipinski definition) is 0. The van der Waals surface area contributed by atoms with Gasteiger partial charge in [-0.2, -0.15) is 0 Å². The fraction of sp³-hybridized carbons (Fsp3) is 1.00. The Morgan fingerprint density at radius 1 is 0.633 bits per heavy atom. The van der Waals surface area contributed by atoms with Crippen molar-refractivity contribution in [2.75, 3.05) is 26.2 Å². The van der Waals surface area contributed by atoms with Crippen LogP contribution in [0.4, 0.5) is 0 Å². The Morgan fingerprint density at radius 2 is 0.933 bits per heavy atom. The predicted molar refractivity (Wildman–Crippen MR) is 124 cm³/mol. The molecule has 4 aliphatic heterocycles. The molecule has 4 saturated heterocycles. The van der Waals surface area contributed by atoms with Crippen LogP contribution in [0, 0.1) is 11.8 Å². The third-order valence-electron chi connectivity index (χ3n) is 9.10. The van der Waals surface area contributed by atoms with Crippen LogP contribution in [0.5, 0.6) is 0 Å². The molecule has 30 heavy (non-hydrogen) atoms. The van der Waals surface area contributed by atoms with Gasteiger partial charge in [0.25, 0.3) is 0 Å². The van der Waals surface area contributed by atoms with Crippen molar-refractivity contribution in [1.29, 1.82) is 0 Å². The molecule has 0 saturated carbocycles. The maximum atomic E-state index is 6.34. The maximum Gasteiger partial charge on any atom is 0.0735 e. The van der Waals surface area contributed by atoms with Crippen LogP contribution in [-0.2, 0) is 9.47 Å². The van der Waals surface area contributed by atoms with E-state index in [1.165, 1.54) is 77.5 Å². The van der Waals surface area contributed by atoms with Gasteiger partial charge in [0.05, 0.1) is 23.4 Å². The summed E-state index contributed by atoms with van der Waals surface area (Å²) in [5.74, 6) is 1.34. The number of piperidine rings is 2. The molecule has 0 amide bonds. The first-order valence-electron chi connectivity index (χ1n) is 13.0. The Labute approximate surface area is 186 Å². The molecule has 174 valence electrons. The standard InChI is InChI=1S/C26H48N2O2/c1-19(2)23-17-25(29-23)9-13-27(14-10-25)21(5)7-8-22(6)28-15-11-26(12-16-28)18-24(30-26)20(3)4/h19-24H,7-18H2,1-6H3. The van der Waals surface area contributed by atoms with Gasteiger partial charge in [-0.1, -0.05) is 27.7 Å². The zero-order valence-electron chi connectivity index (χ0n) is 20.7. The topological polar surface area (TPSA) is 24.9 Å². The zero-order valence-corrected chi connectivity index (χ0v) is 20.7. The van der Waals surface area contributed by atoms with E-state index in [9.17, 15) is 0 Å². The molecule has 4 atom stereocenters. The van der Waals surface area contributed by atoms with Gasteiger partial charge in [0.15, 0.2) is 0 Å². The van der Waals surface area contributed by atoms with Crippen LogP contribution in [0.15, 0.2) is 0 Å². The van der Waals surface area contributed by atoms with Crippen molar-refractivity contribution in [3.8, 4) is 0 Å². The minimum Gasteiger partial charge on any atom is -0.371 e. The predicted octanol–water partition coefficient (Wildman–Crippen LogP) is 5.10. The fourth-order valence-electron chi connectivity index (χ4n) is 6.34. The molecule has 4 heteroatoms. The van der Waals surface area contributed by atoms with Gasteiger partial charge in [0.2, 0.25) is 0 Å². The Morgan fingerprint density at radius 3 is 1.20 bits per heavy atom. The first kappa shape index (κ1) is 23.0. The largest absolute Gasteiger partial charge is 0.371 e. The molecular weight excluding hydrogens is 372 g/mol. The molecule has 0 aromatic heterocycles. The molecule has 0 radical (unpaired) electrons. The van der Waals surface area contributed by atoms with Crippen molar-refractivity contribution in [2.45, 2.75) is 128 Å². The lowest BCUT2D eigenvalue weighted by molar-refractivity contribution is -0.240. The monoisotopic (exact) mass is 420 g/mol. The fourth-order valence-corrected chi connectivity index (χ4v) is 6.34. The van der Waals surface area contributed by atoms with Gasteiger partial charge >= 0.3 is 0 Å². The lowest BCUT2D eigenvalue weighted by Crippen LogP contribution is -2.59. The summed E-state index contributed by atoms with van der Waals surface area (Å²) in [6, 6.07) is 1.40. The first-order chi connectivity index (χ1) is 14.2. The Kier molecular flexibility index (Phi) is 6.90. The second-order valence-corrected chi connectivity index (χ2v) is 11.9. The van der Waals surface area contributed by atoms with Crippen LogP contribution < -0.4 is 0 Å². The molecule has 4 aliphatic rings. The van der Waals surface area contributed by atoms with Crippen LogP contribution in [0.25, 0.3) is 0 Å². The van der Waals surface area contributed by atoms with Gasteiger partial charge in [-0.05, 0) is 64.2 Å². The van der Waals surface area contributed by atoms with Gasteiger partial charge < -0.3 is 19.3 Å². The third kappa shape index (κ3) is 4.77. The van der Waals surface area contributed by atoms with Gasteiger partial charge in [0, 0.05) is 51.1 Å². The van der Waals surface area contributed by atoms with Crippen molar-refractivity contribution in [3.63, 3.8) is 0 Å². The van der Waals surface area contributed by atoms with E-state index in [-0.39, 0.29) is 11.2 Å². The normalized spacial score (nSPS) is 33.6. The molecule has 4 rings (SSSR count). The smallest absolute Gasteiger partial charge is 0.0735 e. The van der Waals surface area contributed by atoms with Crippen molar-refractivity contribution in [2.24, 2.45) is 11.8 Å². The minimum atomic E-state index is 0.236. The van der Waals surface area contributed by atoms with Gasteiger partial charge in [-0.25, -0.2) is 0 Å². The number of likely N-dealkylation sites (tertiary alicyclic amines) is 2. The van der Waals surface area contributed by atoms with Crippen molar-refractivity contribution in [1.82, 2.24) is 9.80 Å². The van der Waals surface area contributed by atoms with Crippen LogP contribution in [0.2, 0.25) is 0 Å². The highest BCUT2D eigenvalue weighted by atomic mass is 16.5. The minimum absolute atomic E-state index is 0.236. The van der Waals surface area contributed by atoms with E-state index < -0.39 is 0 Å². The van der Waals surface area contributed by atoms with Crippen LogP contribution in [-0.4, -0.2) is 71.5 Å². The summed E-state index contributed by atoms with van der Waals surface area (Å²) in [5, 5.41) is 0. The van der Waals surface area contributed by atoms with Gasteiger partial charge in [-0.15, -0.1) is 0 Å². The van der Waals surface area contributed by atoms with Crippen molar-refractivity contribution in [3.05, 3.63) is 0 Å². The van der Waals surface area contributed by atoms with Crippen LogP contribution in [0.3, 0.4) is 0 Å². The molecular formula is C26H48N2O2. The van der Waals surface area contributed by atoms with Crippen LogP contribution >= 0.6 is 0 Å². The molecule has 2 spiro atoms. The average Bonchev–Trinajstić information content (AvgIpc) is 2.68. The lowest BCUT2D eigenvalue weighted by Gasteiger charge is -2.54. The van der Waals surface area contributed by atoms with E-state index in [1.54, 1.807) is 0 Å². The molecule has 4 nitrogen and oxygen atoms in total. The highest BCUT2D eigenvalue weighted by molar-refractivity contribution is 5.00. The second kappa shape index (κ2) is 9.00. The quantitative estimate of drug-likeness (QED) is 0.572. The summed E-state index contributed by atoms with van der Waals surface area (Å²) in [6.45, 7) is 19.0. The first-order valence-corrected chi connectivity index (χ1v) is 13.0. The maximum absolute atomic E-state index is 6.34. The molecule has 0 bridgehead atoms. The summed E-state index contributed by atoms with van der Waals surface area (Å²) in [6.07, 6.45) is 11.2. The summed E-state index contributed by atoms with van der Waals surface area (Å²) < 4.78 is 12.7. The second-order valence-electron chi connectivity index (χ2n) is 11.9. The summed E-state index contributed by atoms with van der Waals surface area (Å²) in [4.78, 5) is 5.45. The molecule has 4 unspecified atom stereocenters. The lowest BCUT2D eigenvalue weighted by atomic mass is 9.77. The number of nitrogens with zero attached hydrogens (tertiary/aromatic N) is 2. The number of hydrogen-bond acceptors (Lipinski definition) is 4. The zero-order chi connectivity index (χ0) is 21.5. The third-order valence-corrected chi connectivity index (χ3v) is 9.10. The van der Waals surface area contributed by atoms with E-state index in [4.69, 9.17) is 9.47 Å². The highest BCUT2D eigenvalue weighted by Crippen LogP contribution is 2.45. The summed E-state index contributed by atoms with van der Waals surface area (Å²) in [5.41, 5.74) is 0.473. The van der Waals surface area contributed by atoms with Gasteiger partial charge in [0.1, 0.15) is 0 Å². The Balaban J connectivity index is 1.13. The van der Waals surface area contributed by atoms with E-state index in [1.807, 2.05) is 0 Å². The summed E-state index contributed by atoms with van der Waals surface area (Å²) in [7, 11) is 0. The molecule has 4 heterocycles. The molecule has 0 aromatic carbocycles. The van der Waals surface area contributed by atoms with Gasteiger partial charge in [-0.3, -0.25) is 0 Å². The molecule has 0 aromatic rings. The Bertz CT molecular complexity index is 495. The van der Waals surface area contributed by atoms with Crippen molar-refractivity contribution >= 4 is 0 Å². The van der Waals surface area contributed by atoms with Crippen LogP contribution in [0.1, 0.15) is 92.9 Å². The average molecular weight is 421 g/mol. The highest BCUT2D eigenvalue weighted by Gasteiger charge is 2.49. The molecule has 0 aliphatic carbocycles. The molecule has 0 N–H and O–H groups in total.